The summed E-state index contributed by atoms with van der Waals surface area (Å²) in [7, 11) is 1.36. The molecule has 1 aromatic carbocycles. The fourth-order valence-electron chi connectivity index (χ4n) is 3.02. The minimum atomic E-state index is -0.747. The summed E-state index contributed by atoms with van der Waals surface area (Å²) >= 11 is 12.4. The molecule has 15 heteroatoms. The summed E-state index contributed by atoms with van der Waals surface area (Å²) in [6, 6.07) is 4.69. The topological polar surface area (TPSA) is 157 Å². The van der Waals surface area contributed by atoms with E-state index < -0.39 is 17.8 Å². The Labute approximate surface area is 212 Å². The lowest BCUT2D eigenvalue weighted by molar-refractivity contribution is 0.0899. The monoisotopic (exact) mass is 535 g/mol. The van der Waals surface area contributed by atoms with E-state index in [4.69, 9.17) is 37.0 Å². The van der Waals surface area contributed by atoms with Crippen LogP contribution in [0.4, 0.5) is 9.18 Å². The smallest absolute Gasteiger partial charge is 0.333 e. The van der Waals surface area contributed by atoms with Crippen LogP contribution in [-0.2, 0) is 6.54 Å². The van der Waals surface area contributed by atoms with Crippen LogP contribution in [0.2, 0.25) is 10.0 Å². The zero-order valence-corrected chi connectivity index (χ0v) is 20.1. The molecule has 0 saturated heterocycles. The molecule has 0 aliphatic rings. The Balaban J connectivity index is 1.44. The lowest BCUT2D eigenvalue weighted by Gasteiger charge is -2.12. The number of urea groups is 1. The Morgan fingerprint density at radius 3 is 2.58 bits per heavy atom. The standard InChI is InChI=1S/C21H16Cl2FN7O5/c1-9-27-19(31-35-9)18-12(4-11(22)5-14(18)24)10-3-13(23)15(25-7-10)8-26-21(33)29-28-20(32)16-6-17(34-2)30-36-16/h3-7H,8H2,1-2H3,(H,28,32)(H2,26,29,33). The van der Waals surface area contributed by atoms with Crippen LogP contribution >= 0.6 is 23.2 Å². The third-order valence-electron chi connectivity index (χ3n) is 4.66. The van der Waals surface area contributed by atoms with Gasteiger partial charge in [-0.05, 0) is 28.9 Å². The van der Waals surface area contributed by atoms with E-state index in [0.29, 0.717) is 16.8 Å². The van der Waals surface area contributed by atoms with Crippen LogP contribution in [0, 0.1) is 12.7 Å². The second kappa shape index (κ2) is 10.6. The lowest BCUT2D eigenvalue weighted by Crippen LogP contribution is -2.46. The molecule has 3 amide bonds. The van der Waals surface area contributed by atoms with Crippen LogP contribution in [0.3, 0.4) is 0 Å². The van der Waals surface area contributed by atoms with Crippen LogP contribution < -0.4 is 20.9 Å². The van der Waals surface area contributed by atoms with Crippen molar-refractivity contribution in [3.63, 3.8) is 0 Å². The molecule has 4 aromatic rings. The number of hydrogen-bond acceptors (Lipinski definition) is 9. The van der Waals surface area contributed by atoms with Crippen molar-refractivity contribution in [2.45, 2.75) is 13.5 Å². The van der Waals surface area contributed by atoms with Crippen LogP contribution in [0.1, 0.15) is 22.1 Å². The molecule has 12 nitrogen and oxygen atoms in total. The number of aromatic nitrogens is 4. The van der Waals surface area contributed by atoms with Crippen LogP contribution in [0.5, 0.6) is 5.88 Å². The molecule has 0 spiro atoms. The van der Waals surface area contributed by atoms with E-state index >= 15 is 0 Å². The number of nitrogens with one attached hydrogen (secondary N) is 3. The minimum Gasteiger partial charge on any atom is -0.479 e. The summed E-state index contributed by atoms with van der Waals surface area (Å²) in [6.45, 7) is 1.49. The first kappa shape index (κ1) is 24.9. The third kappa shape index (κ3) is 5.53. The van der Waals surface area contributed by atoms with Crippen molar-refractivity contribution in [1.29, 1.82) is 0 Å². The highest BCUT2D eigenvalue weighted by Crippen LogP contribution is 2.36. The van der Waals surface area contributed by atoms with Crippen LogP contribution in [0.25, 0.3) is 22.5 Å². The van der Waals surface area contributed by atoms with Crippen molar-refractivity contribution in [3.05, 3.63) is 63.7 Å². The third-order valence-corrected chi connectivity index (χ3v) is 5.21. The molecule has 0 radical (unpaired) electrons. The van der Waals surface area contributed by atoms with Gasteiger partial charge in [0.25, 0.3) is 5.88 Å². The number of ether oxygens (including phenoxy) is 1. The van der Waals surface area contributed by atoms with Crippen LogP contribution in [0.15, 0.2) is 39.5 Å². The zero-order chi connectivity index (χ0) is 25.8. The van der Waals surface area contributed by atoms with Crippen molar-refractivity contribution >= 4 is 35.1 Å². The number of nitrogens with zero attached hydrogens (tertiary/aromatic N) is 4. The number of pyridine rings is 1. The normalized spacial score (nSPS) is 10.7. The second-order valence-electron chi connectivity index (χ2n) is 7.10. The van der Waals surface area contributed by atoms with Crippen molar-refractivity contribution in [2.24, 2.45) is 0 Å². The average molecular weight is 536 g/mol. The molecule has 0 atom stereocenters. The summed E-state index contributed by atoms with van der Waals surface area (Å²) < 4.78 is 29.3. The molecule has 0 saturated carbocycles. The van der Waals surface area contributed by atoms with Gasteiger partial charge in [-0.3, -0.25) is 15.2 Å². The summed E-state index contributed by atoms with van der Waals surface area (Å²) in [6.07, 6.45) is 1.43. The fourth-order valence-corrected chi connectivity index (χ4v) is 3.46. The summed E-state index contributed by atoms with van der Waals surface area (Å²) in [4.78, 5) is 32.3. The Bertz CT molecular complexity index is 1440. The molecule has 3 heterocycles. The number of hydrogen-bond donors (Lipinski definition) is 3. The maximum atomic E-state index is 14.8. The van der Waals surface area contributed by atoms with Gasteiger partial charge in [-0.25, -0.2) is 14.6 Å². The number of hydrazine groups is 1. The van der Waals surface area contributed by atoms with E-state index in [-0.39, 0.29) is 45.5 Å². The first-order valence-electron chi connectivity index (χ1n) is 10.0. The van der Waals surface area contributed by atoms with Gasteiger partial charge in [-0.1, -0.05) is 28.4 Å². The molecule has 0 unspecified atom stereocenters. The quantitative estimate of drug-likeness (QED) is 0.313. The molecule has 3 aromatic heterocycles. The predicted molar refractivity (Wildman–Crippen MR) is 124 cm³/mol. The first-order valence-corrected chi connectivity index (χ1v) is 10.8. The van der Waals surface area contributed by atoms with E-state index in [1.54, 1.807) is 6.92 Å². The number of halogens is 3. The number of carbonyl (C=O) groups is 2. The second-order valence-corrected chi connectivity index (χ2v) is 7.94. The molecule has 0 fully saturated rings. The number of amides is 3. The van der Waals surface area contributed by atoms with E-state index in [1.165, 1.54) is 31.5 Å². The number of carbonyl (C=O) groups excluding carboxylic acids is 2. The SMILES string of the molecule is COc1cc(C(=O)NNC(=O)NCc2ncc(-c3cc(Cl)cc(F)c3-c3noc(C)n3)cc2Cl)on1. The predicted octanol–water partition coefficient (Wildman–Crippen LogP) is 3.69. The maximum Gasteiger partial charge on any atom is 0.333 e. The van der Waals surface area contributed by atoms with Gasteiger partial charge in [-0.2, -0.15) is 4.98 Å². The Morgan fingerprint density at radius 2 is 1.92 bits per heavy atom. The molecular formula is C21H16Cl2FN7O5. The van der Waals surface area contributed by atoms with E-state index in [9.17, 15) is 14.0 Å². The highest BCUT2D eigenvalue weighted by Gasteiger charge is 2.20. The van der Waals surface area contributed by atoms with Gasteiger partial charge in [0, 0.05) is 23.7 Å². The van der Waals surface area contributed by atoms with Gasteiger partial charge in [0.1, 0.15) is 5.82 Å². The van der Waals surface area contributed by atoms with E-state index in [2.05, 4.69) is 36.4 Å². The highest BCUT2D eigenvalue weighted by atomic mass is 35.5. The van der Waals surface area contributed by atoms with Crippen molar-refractivity contribution in [3.8, 4) is 28.4 Å². The molecule has 3 N–H and O–H groups in total. The van der Waals surface area contributed by atoms with E-state index in [1.807, 2.05) is 0 Å². The summed E-state index contributed by atoms with van der Waals surface area (Å²) in [5, 5.41) is 10.1. The molecule has 0 aliphatic carbocycles. The van der Waals surface area contributed by atoms with Gasteiger partial charge in [0.05, 0.1) is 36.0 Å². The van der Waals surface area contributed by atoms with Gasteiger partial charge < -0.3 is 19.1 Å². The number of aryl methyl sites for hydroxylation is 1. The minimum absolute atomic E-state index is 0.0426. The van der Waals surface area contributed by atoms with Gasteiger partial charge in [-0.15, -0.1) is 0 Å². The maximum absolute atomic E-state index is 14.8. The average Bonchev–Trinajstić information content (AvgIpc) is 3.50. The summed E-state index contributed by atoms with van der Waals surface area (Å²) in [5.41, 5.74) is 5.44. The molecular weight excluding hydrogens is 520 g/mol. The zero-order valence-electron chi connectivity index (χ0n) is 18.6. The Hall–Kier alpha value is -4.23. The highest BCUT2D eigenvalue weighted by molar-refractivity contribution is 6.32. The van der Waals surface area contributed by atoms with Gasteiger partial charge in [0.15, 0.2) is 0 Å². The molecule has 186 valence electrons. The number of methoxy groups -OCH3 is 1. The number of rotatable bonds is 6. The molecule has 4 rings (SSSR count). The van der Waals surface area contributed by atoms with Crippen LogP contribution in [-0.4, -0.2) is 39.3 Å². The summed E-state index contributed by atoms with van der Waals surface area (Å²) in [5.74, 6) is -1.15. The molecule has 0 bridgehead atoms. The van der Waals surface area contributed by atoms with Crippen molar-refractivity contribution in [1.82, 2.24) is 36.4 Å². The Morgan fingerprint density at radius 1 is 1.11 bits per heavy atom. The molecule has 0 aliphatic heterocycles. The lowest BCUT2D eigenvalue weighted by atomic mass is 9.99. The first-order chi connectivity index (χ1) is 17.2. The molecule has 36 heavy (non-hydrogen) atoms. The fraction of sp³-hybridized carbons (Fsp3) is 0.143. The van der Waals surface area contributed by atoms with Gasteiger partial charge in [0.2, 0.25) is 17.5 Å². The van der Waals surface area contributed by atoms with Crippen molar-refractivity contribution < 1.29 is 27.8 Å². The van der Waals surface area contributed by atoms with E-state index in [0.717, 1.165) is 6.07 Å². The Kier molecular flexibility index (Phi) is 7.31. The van der Waals surface area contributed by atoms with Gasteiger partial charge >= 0.3 is 11.9 Å². The number of benzene rings is 1. The largest absolute Gasteiger partial charge is 0.479 e. The van der Waals surface area contributed by atoms with Crippen molar-refractivity contribution in [2.75, 3.05) is 7.11 Å².